The lowest BCUT2D eigenvalue weighted by molar-refractivity contribution is 0.0572. The Morgan fingerprint density at radius 1 is 1.39 bits per heavy atom. The highest BCUT2D eigenvalue weighted by molar-refractivity contribution is 7.80. The first-order chi connectivity index (χ1) is 8.47. The van der Waals surface area contributed by atoms with Crippen molar-refractivity contribution in [1.29, 1.82) is 0 Å². The predicted molar refractivity (Wildman–Crippen MR) is 74.6 cm³/mol. The van der Waals surface area contributed by atoms with E-state index in [-0.39, 0.29) is 0 Å². The summed E-state index contributed by atoms with van der Waals surface area (Å²) < 4.78 is 0. The van der Waals surface area contributed by atoms with Crippen molar-refractivity contribution in [3.8, 4) is 0 Å². The van der Waals surface area contributed by atoms with E-state index in [0.717, 1.165) is 11.1 Å². The molecule has 2 rings (SSSR count). The lowest BCUT2D eigenvalue weighted by Gasteiger charge is -2.16. The maximum atomic E-state index is 9.47. The molecule has 2 unspecified atom stereocenters. The summed E-state index contributed by atoms with van der Waals surface area (Å²) in [5.74, 6) is 0. The highest BCUT2D eigenvalue weighted by Gasteiger charge is 2.29. The number of hydrogen-bond acceptors (Lipinski definition) is 4. The Hall–Kier alpha value is -0.720. The lowest BCUT2D eigenvalue weighted by Crippen LogP contribution is -2.22. The lowest BCUT2D eigenvalue weighted by atomic mass is 10.1. The van der Waals surface area contributed by atoms with Gasteiger partial charge in [-0.15, -0.1) is 0 Å². The molecule has 0 amide bonds. The van der Waals surface area contributed by atoms with Crippen LogP contribution in [0.25, 0.3) is 0 Å². The monoisotopic (exact) mass is 286 g/mol. The molecule has 6 heteroatoms. The summed E-state index contributed by atoms with van der Waals surface area (Å²) >= 11 is 11.0. The number of nitrogens with two attached hydrogens (primary N) is 1. The van der Waals surface area contributed by atoms with Gasteiger partial charge in [0.25, 0.3) is 0 Å². The van der Waals surface area contributed by atoms with Gasteiger partial charge in [-0.25, -0.2) is 0 Å². The Morgan fingerprint density at radius 3 is 2.50 bits per heavy atom. The number of likely N-dealkylation sites (tertiary alicyclic amines) is 1. The molecular weight excluding hydrogens is 272 g/mol. The van der Waals surface area contributed by atoms with Gasteiger partial charge in [-0.2, -0.15) is 0 Å². The second-order valence-corrected chi connectivity index (χ2v) is 5.35. The van der Waals surface area contributed by atoms with E-state index < -0.39 is 12.2 Å². The molecule has 0 bridgehead atoms. The van der Waals surface area contributed by atoms with Crippen LogP contribution in [-0.2, 0) is 6.54 Å². The first-order valence-electron chi connectivity index (χ1n) is 5.64. The molecule has 0 aliphatic carbocycles. The van der Waals surface area contributed by atoms with Gasteiger partial charge in [0.15, 0.2) is 0 Å². The molecule has 1 saturated heterocycles. The van der Waals surface area contributed by atoms with E-state index in [1.807, 2.05) is 17.0 Å². The van der Waals surface area contributed by atoms with E-state index in [1.165, 1.54) is 0 Å². The van der Waals surface area contributed by atoms with Crippen LogP contribution in [0.15, 0.2) is 18.2 Å². The zero-order valence-corrected chi connectivity index (χ0v) is 11.3. The zero-order valence-electron chi connectivity index (χ0n) is 9.71. The Bertz CT molecular complexity index is 459. The Kier molecular flexibility index (Phi) is 4.19. The minimum absolute atomic E-state index is 0.315. The van der Waals surface area contributed by atoms with E-state index in [2.05, 4.69) is 0 Å². The van der Waals surface area contributed by atoms with Crippen molar-refractivity contribution < 1.29 is 10.2 Å². The molecule has 2 atom stereocenters. The van der Waals surface area contributed by atoms with Crippen molar-refractivity contribution in [1.82, 2.24) is 4.90 Å². The van der Waals surface area contributed by atoms with E-state index >= 15 is 0 Å². The molecule has 1 aliphatic rings. The van der Waals surface area contributed by atoms with Crippen LogP contribution in [0.3, 0.4) is 0 Å². The summed E-state index contributed by atoms with van der Waals surface area (Å²) in [6.45, 7) is 1.49. The van der Waals surface area contributed by atoms with Crippen molar-refractivity contribution >= 4 is 28.8 Å². The maximum Gasteiger partial charge on any atom is 0.104 e. The van der Waals surface area contributed by atoms with Crippen molar-refractivity contribution in [2.75, 3.05) is 13.1 Å². The number of β-amino-alcohol motifs (C(OH)–C–C–N with tert-alkyl or cyclic N) is 2. The molecule has 4 nitrogen and oxygen atoms in total. The Morgan fingerprint density at radius 2 is 2.00 bits per heavy atom. The summed E-state index contributed by atoms with van der Waals surface area (Å²) in [5, 5.41) is 19.5. The zero-order chi connectivity index (χ0) is 13.3. The van der Waals surface area contributed by atoms with Gasteiger partial charge in [-0.1, -0.05) is 36.0 Å². The van der Waals surface area contributed by atoms with Gasteiger partial charge in [-0.05, 0) is 11.6 Å². The van der Waals surface area contributed by atoms with Gasteiger partial charge in [-0.3, -0.25) is 4.90 Å². The van der Waals surface area contributed by atoms with Crippen LogP contribution in [0.5, 0.6) is 0 Å². The highest BCUT2D eigenvalue weighted by Crippen LogP contribution is 2.22. The highest BCUT2D eigenvalue weighted by atomic mass is 35.5. The van der Waals surface area contributed by atoms with E-state index in [9.17, 15) is 10.2 Å². The third-order valence-electron chi connectivity index (χ3n) is 3.07. The second kappa shape index (κ2) is 5.50. The SMILES string of the molecule is NC(=S)c1ccc(CN2CC(O)C(O)C2)c(Cl)c1. The molecule has 1 aliphatic heterocycles. The first-order valence-corrected chi connectivity index (χ1v) is 6.42. The number of hydrogen-bond donors (Lipinski definition) is 3. The Balaban J connectivity index is 2.08. The number of thiocarbonyl (C=S) groups is 1. The van der Waals surface area contributed by atoms with Crippen LogP contribution >= 0.6 is 23.8 Å². The van der Waals surface area contributed by atoms with E-state index in [4.69, 9.17) is 29.6 Å². The minimum Gasteiger partial charge on any atom is -0.389 e. The molecule has 0 radical (unpaired) electrons. The second-order valence-electron chi connectivity index (χ2n) is 4.50. The summed E-state index contributed by atoms with van der Waals surface area (Å²) in [7, 11) is 0. The quantitative estimate of drug-likeness (QED) is 0.707. The third-order valence-corrected chi connectivity index (χ3v) is 3.65. The summed E-state index contributed by atoms with van der Waals surface area (Å²) in [6.07, 6.45) is -1.36. The summed E-state index contributed by atoms with van der Waals surface area (Å²) in [6, 6.07) is 5.43. The predicted octanol–water partition coefficient (Wildman–Crippen LogP) is 0.512. The fourth-order valence-electron chi connectivity index (χ4n) is 2.05. The van der Waals surface area contributed by atoms with Crippen molar-refractivity contribution in [3.63, 3.8) is 0 Å². The topological polar surface area (TPSA) is 69.7 Å². The van der Waals surface area contributed by atoms with Gasteiger partial charge < -0.3 is 15.9 Å². The van der Waals surface area contributed by atoms with Crippen LogP contribution in [0.4, 0.5) is 0 Å². The minimum atomic E-state index is -0.681. The molecule has 1 aromatic rings. The van der Waals surface area contributed by atoms with Gasteiger partial charge >= 0.3 is 0 Å². The van der Waals surface area contributed by atoms with Crippen LogP contribution in [-0.4, -0.2) is 45.4 Å². The largest absolute Gasteiger partial charge is 0.389 e. The molecule has 0 aromatic heterocycles. The number of aliphatic hydroxyl groups excluding tert-OH is 2. The molecule has 4 N–H and O–H groups in total. The molecule has 0 spiro atoms. The van der Waals surface area contributed by atoms with Crippen molar-refractivity contribution in [3.05, 3.63) is 34.3 Å². The van der Waals surface area contributed by atoms with Crippen molar-refractivity contribution in [2.45, 2.75) is 18.8 Å². The maximum absolute atomic E-state index is 9.47. The normalized spacial score (nSPS) is 24.4. The smallest absolute Gasteiger partial charge is 0.104 e. The molecule has 1 heterocycles. The molecule has 98 valence electrons. The number of rotatable bonds is 3. The number of benzene rings is 1. The molecule has 1 aromatic carbocycles. The van der Waals surface area contributed by atoms with E-state index in [1.54, 1.807) is 6.07 Å². The van der Waals surface area contributed by atoms with Crippen LogP contribution < -0.4 is 5.73 Å². The molecular formula is C12H15ClN2O2S. The van der Waals surface area contributed by atoms with Gasteiger partial charge in [0.2, 0.25) is 0 Å². The first kappa shape index (κ1) is 13.7. The van der Waals surface area contributed by atoms with Gasteiger partial charge in [0.1, 0.15) is 4.99 Å². The van der Waals surface area contributed by atoms with Crippen LogP contribution in [0.1, 0.15) is 11.1 Å². The average molecular weight is 287 g/mol. The third kappa shape index (κ3) is 2.99. The van der Waals surface area contributed by atoms with Gasteiger partial charge in [0.05, 0.1) is 12.2 Å². The van der Waals surface area contributed by atoms with Crippen LogP contribution in [0.2, 0.25) is 5.02 Å². The molecule has 18 heavy (non-hydrogen) atoms. The van der Waals surface area contributed by atoms with Gasteiger partial charge in [0, 0.05) is 30.2 Å². The average Bonchev–Trinajstić information content (AvgIpc) is 2.61. The standard InChI is InChI=1S/C12H15ClN2O2S/c13-9-3-7(12(14)18)1-2-8(9)4-15-5-10(16)11(17)6-15/h1-3,10-11,16-17H,4-6H2,(H2,14,18). The summed E-state index contributed by atoms with van der Waals surface area (Å²) in [4.78, 5) is 2.27. The van der Waals surface area contributed by atoms with Crippen molar-refractivity contribution in [2.24, 2.45) is 5.73 Å². The molecule has 0 saturated carbocycles. The molecule has 1 fully saturated rings. The number of nitrogens with zero attached hydrogens (tertiary/aromatic N) is 1. The van der Waals surface area contributed by atoms with Crippen LogP contribution in [0, 0.1) is 0 Å². The fraction of sp³-hybridized carbons (Fsp3) is 0.417. The fourth-order valence-corrected chi connectivity index (χ4v) is 2.41. The Labute approximate surface area is 116 Å². The summed E-state index contributed by atoms with van der Waals surface area (Å²) in [5.41, 5.74) is 7.19. The van der Waals surface area contributed by atoms with E-state index in [0.29, 0.717) is 29.6 Å². The number of halogens is 1. The number of aliphatic hydroxyl groups is 2.